The van der Waals surface area contributed by atoms with Gasteiger partial charge in [-0.2, -0.15) is 0 Å². The second-order valence-electron chi connectivity index (χ2n) is 13.8. The van der Waals surface area contributed by atoms with Gasteiger partial charge in [0.15, 0.2) is 0 Å². The minimum absolute atomic E-state index is 0.0134. The first-order valence-electron chi connectivity index (χ1n) is 17.3. The number of amides is 3. The molecule has 2 N–H and O–H groups in total. The molecule has 9 heteroatoms. The van der Waals surface area contributed by atoms with E-state index in [9.17, 15) is 14.4 Å². The Hall–Kier alpha value is -3.72. The number of nitrogens with one attached hydrogen (secondary N) is 2. The molecule has 0 spiro atoms. The van der Waals surface area contributed by atoms with E-state index in [2.05, 4.69) is 64.9 Å². The van der Waals surface area contributed by atoms with Crippen LogP contribution in [0, 0.1) is 18.8 Å². The molecule has 0 bridgehead atoms. The molecule has 47 heavy (non-hydrogen) atoms. The Morgan fingerprint density at radius 1 is 0.936 bits per heavy atom. The maximum absolute atomic E-state index is 14.4. The van der Waals surface area contributed by atoms with Crippen molar-refractivity contribution in [1.29, 1.82) is 0 Å². The molecule has 1 aromatic heterocycles. The van der Waals surface area contributed by atoms with Gasteiger partial charge in [0.1, 0.15) is 5.75 Å². The highest BCUT2D eigenvalue weighted by atomic mass is 32.1. The second kappa shape index (κ2) is 15.0. The van der Waals surface area contributed by atoms with Crippen molar-refractivity contribution in [1.82, 2.24) is 15.6 Å². The molecule has 0 atom stereocenters. The first kappa shape index (κ1) is 33.2. The predicted molar refractivity (Wildman–Crippen MR) is 187 cm³/mol. The summed E-state index contributed by atoms with van der Waals surface area (Å²) >= 11 is 1.78. The van der Waals surface area contributed by atoms with Crippen molar-refractivity contribution in [2.45, 2.75) is 95.9 Å². The Bertz CT molecular complexity index is 1570. The first-order chi connectivity index (χ1) is 22.8. The summed E-state index contributed by atoms with van der Waals surface area (Å²) in [7, 11) is 1.72. The van der Waals surface area contributed by atoms with E-state index in [4.69, 9.17) is 9.72 Å². The fraction of sp³-hybridized carbons (Fsp3) is 0.526. The summed E-state index contributed by atoms with van der Waals surface area (Å²) in [6.45, 7) is 4.22. The van der Waals surface area contributed by atoms with Crippen LogP contribution in [0.3, 0.4) is 0 Å². The molecule has 0 radical (unpaired) electrons. The van der Waals surface area contributed by atoms with Crippen LogP contribution in [-0.4, -0.2) is 48.9 Å². The van der Waals surface area contributed by atoms with Gasteiger partial charge in [-0.3, -0.25) is 14.4 Å². The molecule has 2 aromatic carbocycles. The summed E-state index contributed by atoms with van der Waals surface area (Å²) in [5, 5.41) is 6.82. The van der Waals surface area contributed by atoms with Gasteiger partial charge >= 0.3 is 0 Å². The van der Waals surface area contributed by atoms with Crippen molar-refractivity contribution in [3.05, 3.63) is 64.8 Å². The second-order valence-corrected chi connectivity index (χ2v) is 14.9. The van der Waals surface area contributed by atoms with Crippen molar-refractivity contribution in [3.8, 4) is 16.2 Å². The lowest BCUT2D eigenvalue weighted by Gasteiger charge is -2.36. The Morgan fingerprint density at radius 2 is 1.68 bits per heavy atom. The molecule has 250 valence electrons. The van der Waals surface area contributed by atoms with Crippen LogP contribution in [-0.2, 0) is 14.4 Å². The van der Waals surface area contributed by atoms with Crippen LogP contribution in [0.2, 0.25) is 0 Å². The first-order valence-corrected chi connectivity index (χ1v) is 18.1. The van der Waals surface area contributed by atoms with Crippen LogP contribution < -0.4 is 20.3 Å². The van der Waals surface area contributed by atoms with E-state index in [1.165, 1.54) is 35.9 Å². The van der Waals surface area contributed by atoms with E-state index < -0.39 is 0 Å². The number of aromatic nitrogens is 1. The average Bonchev–Trinajstić information content (AvgIpc) is 3.82. The molecule has 3 amide bonds. The summed E-state index contributed by atoms with van der Waals surface area (Å²) in [4.78, 5) is 45.8. The zero-order chi connectivity index (χ0) is 32.9. The van der Waals surface area contributed by atoms with Gasteiger partial charge in [-0.05, 0) is 118 Å². The summed E-state index contributed by atoms with van der Waals surface area (Å²) < 4.78 is 5.48. The topological polar surface area (TPSA) is 101 Å². The van der Waals surface area contributed by atoms with Crippen LogP contribution in [0.4, 0.5) is 5.69 Å². The number of aryl methyl sites for hydroxylation is 1. The van der Waals surface area contributed by atoms with Crippen molar-refractivity contribution in [2.75, 3.05) is 25.1 Å². The molecule has 0 unspecified atom stereocenters. The number of rotatable bonds is 11. The molecule has 3 aromatic rings. The third kappa shape index (κ3) is 8.42. The standard InChI is InChI=1S/C38H48N4O4S/c1-24-19-30(15-18-34(24)46-3)27-9-7-26(8-10-27)23-42(33-6-4-5-31(20-33)35-21-40-37(47-35)28-11-12-28)38(45)29-13-16-32(17-14-29)41-36(44)22-39-25(2)43/h4-6,15,18-21,26-29,32H,7-14,16-17,22-23H2,1-3H3,(H,39,43)(H,41,44). The number of carbonyl (C=O) groups excluding carboxylic acids is 3. The number of nitrogens with zero attached hydrogens (tertiary/aromatic N) is 2. The Morgan fingerprint density at radius 3 is 2.36 bits per heavy atom. The maximum Gasteiger partial charge on any atom is 0.239 e. The van der Waals surface area contributed by atoms with Crippen molar-refractivity contribution >= 4 is 34.7 Å². The number of thiazole rings is 1. The summed E-state index contributed by atoms with van der Waals surface area (Å²) in [6.07, 6.45) is 11.9. The fourth-order valence-electron chi connectivity index (χ4n) is 7.37. The smallest absolute Gasteiger partial charge is 0.239 e. The molecular formula is C38H48N4O4S. The predicted octanol–water partition coefficient (Wildman–Crippen LogP) is 7.12. The zero-order valence-corrected chi connectivity index (χ0v) is 28.7. The van der Waals surface area contributed by atoms with Gasteiger partial charge in [-0.15, -0.1) is 11.3 Å². The van der Waals surface area contributed by atoms with Gasteiger partial charge in [0.05, 0.1) is 23.5 Å². The molecule has 8 nitrogen and oxygen atoms in total. The molecule has 6 rings (SSSR count). The van der Waals surface area contributed by atoms with E-state index in [-0.39, 0.29) is 36.2 Å². The molecular weight excluding hydrogens is 609 g/mol. The molecule has 3 aliphatic rings. The summed E-state index contributed by atoms with van der Waals surface area (Å²) in [5.41, 5.74) is 4.65. The van der Waals surface area contributed by atoms with Crippen LogP contribution in [0.15, 0.2) is 48.7 Å². The number of anilines is 1. The lowest BCUT2D eigenvalue weighted by atomic mass is 9.78. The number of carbonyl (C=O) groups is 3. The summed E-state index contributed by atoms with van der Waals surface area (Å²) in [5.74, 6) is 2.24. The zero-order valence-electron chi connectivity index (χ0n) is 27.9. The van der Waals surface area contributed by atoms with Gasteiger partial charge in [-0.25, -0.2) is 4.98 Å². The SMILES string of the molecule is COc1ccc(C2CCC(CN(C(=O)C3CCC(NC(=O)CNC(C)=O)CC3)c3cccc(-c4cnc(C5CC5)s4)c3)CC2)cc1C. The maximum atomic E-state index is 14.4. The normalized spacial score (nSPS) is 22.7. The largest absolute Gasteiger partial charge is 0.496 e. The monoisotopic (exact) mass is 656 g/mol. The molecule has 0 aliphatic heterocycles. The highest BCUT2D eigenvalue weighted by Crippen LogP contribution is 2.44. The molecule has 3 aliphatic carbocycles. The highest BCUT2D eigenvalue weighted by molar-refractivity contribution is 7.15. The van der Waals surface area contributed by atoms with Gasteiger partial charge in [0.2, 0.25) is 17.7 Å². The number of methoxy groups -OCH3 is 1. The molecule has 0 saturated heterocycles. The van der Waals surface area contributed by atoms with Gasteiger partial charge in [0.25, 0.3) is 0 Å². The molecule has 3 saturated carbocycles. The number of ether oxygens (including phenoxy) is 1. The van der Waals surface area contributed by atoms with E-state index in [0.717, 1.165) is 79.8 Å². The van der Waals surface area contributed by atoms with Crippen molar-refractivity contribution < 1.29 is 19.1 Å². The van der Waals surface area contributed by atoms with Crippen LogP contribution >= 0.6 is 11.3 Å². The molecule has 1 heterocycles. The Balaban J connectivity index is 1.14. The van der Waals surface area contributed by atoms with Crippen LogP contribution in [0.1, 0.15) is 99.1 Å². The van der Waals surface area contributed by atoms with Gasteiger partial charge in [-0.1, -0.05) is 24.3 Å². The summed E-state index contributed by atoms with van der Waals surface area (Å²) in [6, 6.07) is 15.1. The highest BCUT2D eigenvalue weighted by Gasteiger charge is 2.33. The van der Waals surface area contributed by atoms with Crippen molar-refractivity contribution in [2.24, 2.45) is 11.8 Å². The average molecular weight is 657 g/mol. The Kier molecular flexibility index (Phi) is 10.6. The van der Waals surface area contributed by atoms with Crippen LogP contribution in [0.5, 0.6) is 5.75 Å². The lowest BCUT2D eigenvalue weighted by molar-refractivity contribution is -0.126. The third-order valence-electron chi connectivity index (χ3n) is 10.3. The van der Waals surface area contributed by atoms with E-state index in [1.807, 2.05) is 6.20 Å². The van der Waals surface area contributed by atoms with Gasteiger partial charge in [0, 0.05) is 43.2 Å². The van der Waals surface area contributed by atoms with Crippen molar-refractivity contribution in [3.63, 3.8) is 0 Å². The van der Waals surface area contributed by atoms with E-state index >= 15 is 0 Å². The number of hydrogen-bond donors (Lipinski definition) is 2. The Labute approximate surface area is 282 Å². The minimum Gasteiger partial charge on any atom is -0.496 e. The third-order valence-corrected chi connectivity index (χ3v) is 11.5. The number of benzene rings is 2. The lowest BCUT2D eigenvalue weighted by Crippen LogP contribution is -2.46. The van der Waals surface area contributed by atoms with Crippen LogP contribution in [0.25, 0.3) is 10.4 Å². The fourth-order valence-corrected chi connectivity index (χ4v) is 8.45. The van der Waals surface area contributed by atoms with E-state index in [0.29, 0.717) is 17.8 Å². The minimum atomic E-state index is -0.221. The van der Waals surface area contributed by atoms with Gasteiger partial charge < -0.3 is 20.3 Å². The van der Waals surface area contributed by atoms with E-state index in [1.54, 1.807) is 18.4 Å². The molecule has 3 fully saturated rings. The number of hydrogen-bond acceptors (Lipinski definition) is 6. The quantitative estimate of drug-likeness (QED) is 0.229.